The lowest BCUT2D eigenvalue weighted by atomic mass is 9.99. The third-order valence-electron chi connectivity index (χ3n) is 3.88. The molecule has 0 N–H and O–H groups in total. The Morgan fingerprint density at radius 1 is 1.11 bits per heavy atom. The maximum absolute atomic E-state index is 13.3. The van der Waals surface area contributed by atoms with Gasteiger partial charge in [-0.15, -0.1) is 0 Å². The third kappa shape index (κ3) is 5.13. The Bertz CT molecular complexity index is 878. The van der Waals surface area contributed by atoms with Crippen molar-refractivity contribution >= 4 is 17.4 Å². The lowest BCUT2D eigenvalue weighted by Gasteiger charge is -2.12. The normalized spacial score (nSPS) is 11.9. The van der Waals surface area contributed by atoms with Crippen LogP contribution < -0.4 is 0 Å². The van der Waals surface area contributed by atoms with Gasteiger partial charge in [0, 0.05) is 16.7 Å². The van der Waals surface area contributed by atoms with Gasteiger partial charge < -0.3 is 14.4 Å². The Morgan fingerprint density at radius 3 is 2.52 bits per heavy atom. The average molecular weight is 372 g/mol. The quantitative estimate of drug-likeness (QED) is 0.423. The Kier molecular flexibility index (Phi) is 7.05. The van der Waals surface area contributed by atoms with Gasteiger partial charge in [0.1, 0.15) is 19.5 Å². The molecule has 0 aromatic heterocycles. The average Bonchev–Trinajstić information content (AvgIpc) is 2.66. The largest absolute Gasteiger partial charge is 0.464 e. The molecule has 0 aliphatic rings. The van der Waals surface area contributed by atoms with Gasteiger partial charge in [0.2, 0.25) is 0 Å². The first-order valence-corrected chi connectivity index (χ1v) is 8.18. The van der Waals surface area contributed by atoms with E-state index < -0.39 is 5.97 Å². The number of ether oxygens (including phenoxy) is 1. The van der Waals surface area contributed by atoms with Crippen molar-refractivity contribution in [2.45, 2.75) is 20.5 Å². The predicted molar refractivity (Wildman–Crippen MR) is 100 cm³/mol. The minimum absolute atomic E-state index is 0.0353. The zero-order valence-corrected chi connectivity index (χ0v) is 15.7. The number of oxime groups is 2. The monoisotopic (exact) mass is 372 g/mol. The van der Waals surface area contributed by atoms with Crippen LogP contribution in [0.3, 0.4) is 0 Å². The second-order valence-corrected chi connectivity index (χ2v) is 5.68. The molecule has 6 nitrogen and oxygen atoms in total. The second-order valence-electron chi connectivity index (χ2n) is 5.68. The number of carbonyl (C=O) groups excluding carboxylic acids is 1. The number of halogens is 1. The molecule has 142 valence electrons. The maximum Gasteiger partial charge on any atom is 0.360 e. The zero-order valence-electron chi connectivity index (χ0n) is 15.7. The van der Waals surface area contributed by atoms with Crippen molar-refractivity contribution in [3.05, 3.63) is 70.5 Å². The van der Waals surface area contributed by atoms with Crippen molar-refractivity contribution in [2.24, 2.45) is 10.3 Å². The topological polar surface area (TPSA) is 69.5 Å². The van der Waals surface area contributed by atoms with Gasteiger partial charge in [0.05, 0.1) is 12.8 Å². The first-order valence-electron chi connectivity index (χ1n) is 8.18. The van der Waals surface area contributed by atoms with Crippen LogP contribution in [0.1, 0.15) is 29.2 Å². The van der Waals surface area contributed by atoms with Gasteiger partial charge in [-0.3, -0.25) is 0 Å². The summed E-state index contributed by atoms with van der Waals surface area (Å²) in [6, 6.07) is 11.5. The summed E-state index contributed by atoms with van der Waals surface area (Å²) in [5.41, 5.74) is 3.32. The van der Waals surface area contributed by atoms with Gasteiger partial charge >= 0.3 is 5.97 Å². The molecule has 0 fully saturated rings. The van der Waals surface area contributed by atoms with Crippen LogP contribution in [0.2, 0.25) is 0 Å². The van der Waals surface area contributed by atoms with E-state index in [9.17, 15) is 9.18 Å². The fourth-order valence-corrected chi connectivity index (χ4v) is 2.46. The molecule has 0 aliphatic heterocycles. The van der Waals surface area contributed by atoms with Crippen LogP contribution in [0.5, 0.6) is 0 Å². The van der Waals surface area contributed by atoms with Crippen LogP contribution in [-0.4, -0.2) is 31.6 Å². The molecule has 27 heavy (non-hydrogen) atoms. The lowest BCUT2D eigenvalue weighted by molar-refractivity contribution is -0.132. The minimum atomic E-state index is -0.622. The molecular formula is C20H21FN2O4. The minimum Gasteiger partial charge on any atom is -0.464 e. The number of aryl methyl sites for hydroxylation is 1. The summed E-state index contributed by atoms with van der Waals surface area (Å²) in [7, 11) is 2.62. The Balaban J connectivity index is 2.27. The van der Waals surface area contributed by atoms with E-state index in [1.165, 1.54) is 26.4 Å². The number of methoxy groups -OCH3 is 1. The van der Waals surface area contributed by atoms with E-state index in [0.717, 1.165) is 11.1 Å². The number of hydrogen-bond donors (Lipinski definition) is 0. The summed E-state index contributed by atoms with van der Waals surface area (Å²) < 4.78 is 18.1. The molecule has 0 aliphatic carbocycles. The molecular weight excluding hydrogens is 351 g/mol. The van der Waals surface area contributed by atoms with Crippen molar-refractivity contribution in [3.63, 3.8) is 0 Å². The fourth-order valence-electron chi connectivity index (χ4n) is 2.46. The van der Waals surface area contributed by atoms with Crippen LogP contribution in [-0.2, 0) is 25.8 Å². The molecule has 0 radical (unpaired) electrons. The van der Waals surface area contributed by atoms with Crippen LogP contribution in [0.15, 0.2) is 52.8 Å². The Labute approximate surface area is 157 Å². The fraction of sp³-hybridized carbons (Fsp3) is 0.250. The van der Waals surface area contributed by atoms with E-state index in [1.807, 2.05) is 13.0 Å². The molecule has 0 spiro atoms. The highest BCUT2D eigenvalue weighted by Crippen LogP contribution is 2.18. The smallest absolute Gasteiger partial charge is 0.360 e. The van der Waals surface area contributed by atoms with Gasteiger partial charge in [-0.1, -0.05) is 40.6 Å². The highest BCUT2D eigenvalue weighted by Gasteiger charge is 2.20. The SMILES string of the molecule is CO/N=C(/C(=O)OC)c1cccc(C)c1CO/N=C(\C)c1cccc(F)c1. The number of carbonyl (C=O) groups is 1. The van der Waals surface area contributed by atoms with Crippen molar-refractivity contribution in [2.75, 3.05) is 14.2 Å². The number of hydrogen-bond acceptors (Lipinski definition) is 6. The zero-order chi connectivity index (χ0) is 19.8. The number of benzene rings is 2. The first-order chi connectivity index (χ1) is 13.0. The first kappa shape index (κ1) is 20.1. The molecule has 0 amide bonds. The van der Waals surface area contributed by atoms with Crippen LogP contribution in [0.25, 0.3) is 0 Å². The van der Waals surface area contributed by atoms with E-state index in [-0.39, 0.29) is 18.1 Å². The van der Waals surface area contributed by atoms with E-state index in [0.29, 0.717) is 16.8 Å². The van der Waals surface area contributed by atoms with Crippen LogP contribution in [0.4, 0.5) is 4.39 Å². The summed E-state index contributed by atoms with van der Waals surface area (Å²) in [5, 5.41) is 7.82. The maximum atomic E-state index is 13.3. The summed E-state index contributed by atoms with van der Waals surface area (Å²) in [6.45, 7) is 3.70. The molecule has 0 saturated heterocycles. The number of rotatable bonds is 7. The summed E-state index contributed by atoms with van der Waals surface area (Å²) in [6.07, 6.45) is 0. The predicted octanol–water partition coefficient (Wildman–Crippen LogP) is 3.60. The second kappa shape index (κ2) is 9.47. The Morgan fingerprint density at radius 2 is 1.85 bits per heavy atom. The summed E-state index contributed by atoms with van der Waals surface area (Å²) in [5.74, 6) is -0.968. The van der Waals surface area contributed by atoms with Crippen molar-refractivity contribution in [1.29, 1.82) is 0 Å². The van der Waals surface area contributed by atoms with E-state index in [2.05, 4.69) is 10.3 Å². The molecule has 0 unspecified atom stereocenters. The highest BCUT2D eigenvalue weighted by atomic mass is 19.1. The summed E-state index contributed by atoms with van der Waals surface area (Å²) in [4.78, 5) is 22.3. The molecule has 0 heterocycles. The molecule has 0 atom stereocenters. The molecule has 7 heteroatoms. The molecule has 2 aromatic rings. The van der Waals surface area contributed by atoms with Crippen LogP contribution in [0, 0.1) is 12.7 Å². The van der Waals surface area contributed by atoms with Crippen molar-refractivity contribution in [1.82, 2.24) is 0 Å². The molecule has 0 bridgehead atoms. The Hall–Kier alpha value is -3.22. The molecule has 2 aromatic carbocycles. The third-order valence-corrected chi connectivity index (χ3v) is 3.88. The number of nitrogens with zero attached hydrogens (tertiary/aromatic N) is 2. The highest BCUT2D eigenvalue weighted by molar-refractivity contribution is 6.43. The van der Waals surface area contributed by atoms with E-state index in [4.69, 9.17) is 14.4 Å². The van der Waals surface area contributed by atoms with Crippen molar-refractivity contribution < 1.29 is 23.6 Å². The van der Waals surface area contributed by atoms with E-state index >= 15 is 0 Å². The van der Waals surface area contributed by atoms with Gasteiger partial charge in [0.25, 0.3) is 0 Å². The van der Waals surface area contributed by atoms with E-state index in [1.54, 1.807) is 31.2 Å². The van der Waals surface area contributed by atoms with Crippen molar-refractivity contribution in [3.8, 4) is 0 Å². The standard InChI is InChI=1S/C20H21FN2O4/c1-13-7-5-10-17(19(23-26-4)20(24)25-3)18(13)12-27-22-14(2)15-8-6-9-16(21)11-15/h5-11H,12H2,1-4H3/b22-14+,23-19+. The van der Waals surface area contributed by atoms with Gasteiger partial charge in [-0.2, -0.15) is 0 Å². The van der Waals surface area contributed by atoms with Gasteiger partial charge in [-0.25, -0.2) is 9.18 Å². The summed E-state index contributed by atoms with van der Waals surface area (Å²) >= 11 is 0. The molecule has 2 rings (SSSR count). The van der Waals surface area contributed by atoms with Gasteiger partial charge in [-0.05, 0) is 31.5 Å². The van der Waals surface area contributed by atoms with Gasteiger partial charge in [0.15, 0.2) is 5.71 Å². The molecule has 0 saturated carbocycles. The number of esters is 1. The lowest BCUT2D eigenvalue weighted by Crippen LogP contribution is -2.20. The van der Waals surface area contributed by atoms with Crippen LogP contribution >= 0.6 is 0 Å².